The van der Waals surface area contributed by atoms with E-state index in [4.69, 9.17) is 0 Å². The van der Waals surface area contributed by atoms with Crippen molar-refractivity contribution in [1.29, 1.82) is 0 Å². The molecule has 0 fully saturated rings. The maximum Gasteiger partial charge on any atom is 0.519 e. The van der Waals surface area contributed by atoms with Crippen LogP contribution in [0.15, 0.2) is 84.9 Å². The molecule has 36 heavy (non-hydrogen) atoms. The third kappa shape index (κ3) is 3.20. The molecule has 4 aromatic rings. The van der Waals surface area contributed by atoms with Gasteiger partial charge in [-0.25, -0.2) is 0 Å². The standard InChI is InChI=1S/C32H34BN3/c1-21(2)25-15-12-16-26(22(3)4)32(25)36-29-19-10-9-18-28(29)34-30-20-11-14-24(6)31(30)35(33(34)36)27-17-8-7-13-23(27)5/h7-22H,1-6H3. The van der Waals surface area contributed by atoms with Crippen LogP contribution < -0.4 is 14.4 Å². The fourth-order valence-corrected chi connectivity index (χ4v) is 6.09. The Bertz CT molecular complexity index is 1430. The summed E-state index contributed by atoms with van der Waals surface area (Å²) in [6.45, 7) is 13.7. The first-order chi connectivity index (χ1) is 17.4. The van der Waals surface area contributed by atoms with E-state index in [-0.39, 0.29) is 7.12 Å². The Hall–Kier alpha value is -3.66. The van der Waals surface area contributed by atoms with Crippen LogP contribution in [0.25, 0.3) is 0 Å². The topological polar surface area (TPSA) is 9.72 Å². The zero-order valence-electron chi connectivity index (χ0n) is 22.2. The molecule has 0 spiro atoms. The molecule has 0 saturated carbocycles. The zero-order valence-corrected chi connectivity index (χ0v) is 22.2. The molecule has 0 bridgehead atoms. The third-order valence-electron chi connectivity index (χ3n) is 7.77. The van der Waals surface area contributed by atoms with Gasteiger partial charge in [0.15, 0.2) is 0 Å². The normalized spacial score (nSPS) is 14.1. The summed E-state index contributed by atoms with van der Waals surface area (Å²) >= 11 is 0. The Balaban J connectivity index is 1.70. The van der Waals surface area contributed by atoms with Crippen molar-refractivity contribution >= 4 is 41.2 Å². The van der Waals surface area contributed by atoms with Gasteiger partial charge in [0.2, 0.25) is 0 Å². The van der Waals surface area contributed by atoms with Gasteiger partial charge in [-0.3, -0.25) is 0 Å². The Morgan fingerprint density at radius 1 is 0.472 bits per heavy atom. The molecule has 6 rings (SSSR count). The van der Waals surface area contributed by atoms with Gasteiger partial charge in [-0.1, -0.05) is 88.4 Å². The predicted molar refractivity (Wildman–Crippen MR) is 156 cm³/mol. The molecular formula is C32H34BN3. The number of aryl methyl sites for hydroxylation is 2. The van der Waals surface area contributed by atoms with Gasteiger partial charge >= 0.3 is 7.12 Å². The number of para-hydroxylation sites is 5. The number of hydrogen-bond acceptors (Lipinski definition) is 3. The van der Waals surface area contributed by atoms with Gasteiger partial charge in [0.05, 0.1) is 22.7 Å². The second kappa shape index (κ2) is 8.48. The number of anilines is 6. The van der Waals surface area contributed by atoms with Crippen LogP contribution in [0.1, 0.15) is 61.8 Å². The van der Waals surface area contributed by atoms with E-state index >= 15 is 0 Å². The fourth-order valence-electron chi connectivity index (χ4n) is 6.09. The molecule has 2 aliphatic heterocycles. The second-order valence-electron chi connectivity index (χ2n) is 10.8. The highest BCUT2D eigenvalue weighted by Crippen LogP contribution is 2.58. The summed E-state index contributed by atoms with van der Waals surface area (Å²) in [7, 11) is -0.0167. The molecule has 0 aliphatic carbocycles. The average Bonchev–Trinajstić information content (AvgIpc) is 3.37. The summed E-state index contributed by atoms with van der Waals surface area (Å²) in [4.78, 5) is 7.73. The van der Waals surface area contributed by atoms with Crippen LogP contribution in [0.4, 0.5) is 34.1 Å². The average molecular weight is 471 g/mol. The van der Waals surface area contributed by atoms with Gasteiger partial charge in [-0.15, -0.1) is 0 Å². The molecule has 0 atom stereocenters. The largest absolute Gasteiger partial charge is 0.519 e. The van der Waals surface area contributed by atoms with Crippen LogP contribution in [0.3, 0.4) is 0 Å². The van der Waals surface area contributed by atoms with E-state index in [2.05, 4.69) is 141 Å². The first-order valence-electron chi connectivity index (χ1n) is 13.1. The van der Waals surface area contributed by atoms with Crippen molar-refractivity contribution in [2.75, 3.05) is 14.4 Å². The van der Waals surface area contributed by atoms with Crippen molar-refractivity contribution in [2.24, 2.45) is 0 Å². The summed E-state index contributed by atoms with van der Waals surface area (Å²) < 4.78 is 0. The Kier molecular flexibility index (Phi) is 5.37. The van der Waals surface area contributed by atoms with Crippen molar-refractivity contribution in [3.05, 3.63) is 107 Å². The first kappa shape index (κ1) is 22.8. The van der Waals surface area contributed by atoms with Crippen molar-refractivity contribution in [1.82, 2.24) is 0 Å². The molecule has 180 valence electrons. The monoisotopic (exact) mass is 471 g/mol. The number of benzene rings is 4. The third-order valence-corrected chi connectivity index (χ3v) is 7.77. The molecule has 4 aromatic carbocycles. The van der Waals surface area contributed by atoms with E-state index in [0.29, 0.717) is 11.8 Å². The lowest BCUT2D eigenvalue weighted by Crippen LogP contribution is -2.52. The van der Waals surface area contributed by atoms with E-state index in [1.807, 2.05) is 0 Å². The SMILES string of the molecule is Cc1ccccc1N1B2N(c3ccccc3N2c2c(C(C)C)cccc2C(C)C)c2cccc(C)c21. The molecule has 2 heterocycles. The summed E-state index contributed by atoms with van der Waals surface area (Å²) in [5.41, 5.74) is 13.1. The lowest BCUT2D eigenvalue weighted by Gasteiger charge is -2.36. The van der Waals surface area contributed by atoms with E-state index in [0.717, 1.165) is 0 Å². The van der Waals surface area contributed by atoms with E-state index < -0.39 is 0 Å². The molecule has 0 radical (unpaired) electrons. The highest BCUT2D eigenvalue weighted by atomic mass is 15.4. The summed E-state index contributed by atoms with van der Waals surface area (Å²) in [5.74, 6) is 0.828. The number of fused-ring (bicyclic) bond motifs is 5. The lowest BCUT2D eigenvalue weighted by molar-refractivity contribution is 0.833. The first-order valence-corrected chi connectivity index (χ1v) is 13.1. The van der Waals surface area contributed by atoms with Crippen molar-refractivity contribution in [3.63, 3.8) is 0 Å². The highest BCUT2D eigenvalue weighted by molar-refractivity contribution is 6.80. The molecule has 0 unspecified atom stereocenters. The highest BCUT2D eigenvalue weighted by Gasteiger charge is 2.54. The summed E-state index contributed by atoms with van der Waals surface area (Å²) in [6, 6.07) is 31.3. The van der Waals surface area contributed by atoms with Gasteiger partial charge in [-0.2, -0.15) is 0 Å². The minimum atomic E-state index is -0.0167. The zero-order chi connectivity index (χ0) is 25.1. The van der Waals surface area contributed by atoms with Gasteiger partial charge in [0.25, 0.3) is 0 Å². The quantitative estimate of drug-likeness (QED) is 0.275. The molecule has 0 aromatic heterocycles. The van der Waals surface area contributed by atoms with Gasteiger partial charge in [-0.05, 0) is 72.2 Å². The molecule has 2 aliphatic rings. The minimum Gasteiger partial charge on any atom is -0.343 e. The van der Waals surface area contributed by atoms with Gasteiger partial charge in [0.1, 0.15) is 0 Å². The van der Waals surface area contributed by atoms with E-state index in [9.17, 15) is 0 Å². The molecule has 0 amide bonds. The molecule has 0 saturated heterocycles. The van der Waals surface area contributed by atoms with Gasteiger partial charge in [0, 0.05) is 11.4 Å². The van der Waals surface area contributed by atoms with Crippen LogP contribution in [0.5, 0.6) is 0 Å². The summed E-state index contributed by atoms with van der Waals surface area (Å²) in [6.07, 6.45) is 0. The summed E-state index contributed by atoms with van der Waals surface area (Å²) in [5, 5.41) is 0. The molecule has 0 N–H and O–H groups in total. The maximum absolute atomic E-state index is 2.62. The van der Waals surface area contributed by atoms with E-state index in [1.165, 1.54) is 56.4 Å². The number of rotatable bonds is 4. The van der Waals surface area contributed by atoms with Crippen LogP contribution in [-0.4, -0.2) is 7.12 Å². The Morgan fingerprint density at radius 2 is 0.944 bits per heavy atom. The van der Waals surface area contributed by atoms with Crippen LogP contribution in [-0.2, 0) is 0 Å². The van der Waals surface area contributed by atoms with Gasteiger partial charge < -0.3 is 14.4 Å². The van der Waals surface area contributed by atoms with Crippen molar-refractivity contribution in [2.45, 2.75) is 53.4 Å². The molecule has 3 nitrogen and oxygen atoms in total. The lowest BCUT2D eigenvalue weighted by atomic mass is 9.81. The van der Waals surface area contributed by atoms with E-state index in [1.54, 1.807) is 0 Å². The maximum atomic E-state index is 2.62. The number of hydrogen-bond donors (Lipinski definition) is 0. The predicted octanol–water partition coefficient (Wildman–Crippen LogP) is 8.98. The Morgan fingerprint density at radius 3 is 1.56 bits per heavy atom. The van der Waals surface area contributed by atoms with Crippen molar-refractivity contribution < 1.29 is 0 Å². The van der Waals surface area contributed by atoms with Crippen LogP contribution in [0.2, 0.25) is 0 Å². The fraction of sp³-hybridized carbons (Fsp3) is 0.250. The van der Waals surface area contributed by atoms with Crippen LogP contribution >= 0.6 is 0 Å². The second-order valence-corrected chi connectivity index (χ2v) is 10.8. The Labute approximate surface area is 216 Å². The minimum absolute atomic E-state index is 0.0167. The molecular weight excluding hydrogens is 437 g/mol. The van der Waals surface area contributed by atoms with Crippen LogP contribution in [0, 0.1) is 13.8 Å². The van der Waals surface area contributed by atoms with Crippen molar-refractivity contribution in [3.8, 4) is 0 Å². The number of nitrogens with zero attached hydrogens (tertiary/aromatic N) is 3. The smallest absolute Gasteiger partial charge is 0.343 e. The molecule has 4 heteroatoms.